The minimum atomic E-state index is 0.850. The first kappa shape index (κ1) is 23.0. The molecule has 2 aromatic heterocycles. The molecule has 0 aliphatic carbocycles. The van der Waals surface area contributed by atoms with Crippen LogP contribution in [0.2, 0.25) is 0 Å². The van der Waals surface area contributed by atoms with Gasteiger partial charge in [0.1, 0.15) is 0 Å². The number of hydrogen-bond donors (Lipinski definition) is 0. The molecule has 1 aliphatic rings. The summed E-state index contributed by atoms with van der Waals surface area (Å²) >= 11 is 0. The van der Waals surface area contributed by atoms with E-state index in [2.05, 4.69) is 142 Å². The zero-order chi connectivity index (χ0) is 27.6. The molecule has 0 saturated heterocycles. The van der Waals surface area contributed by atoms with Crippen molar-refractivity contribution >= 4 is 49.8 Å². The van der Waals surface area contributed by atoms with Crippen LogP contribution in [0.15, 0.2) is 152 Å². The number of anilines is 3. The number of fused-ring (bicyclic) bond motifs is 6. The summed E-state index contributed by atoms with van der Waals surface area (Å²) in [5, 5.41) is 3.72. The Morgan fingerprint density at radius 1 is 0.429 bits per heavy atom. The zero-order valence-corrected chi connectivity index (χ0v) is 22.7. The molecule has 8 aromatic rings. The Morgan fingerprint density at radius 3 is 1.90 bits per heavy atom. The van der Waals surface area contributed by atoms with Crippen LogP contribution >= 0.6 is 0 Å². The molecule has 0 radical (unpaired) electrons. The third-order valence-corrected chi connectivity index (χ3v) is 8.30. The maximum absolute atomic E-state index is 6.28. The van der Waals surface area contributed by atoms with Crippen molar-refractivity contribution in [3.8, 4) is 22.9 Å². The highest BCUT2D eigenvalue weighted by molar-refractivity contribution is 6.13. The zero-order valence-electron chi connectivity index (χ0n) is 22.7. The lowest BCUT2D eigenvalue weighted by Crippen LogP contribution is -2.15. The van der Waals surface area contributed by atoms with Crippen molar-refractivity contribution in [2.24, 2.45) is 0 Å². The van der Waals surface area contributed by atoms with E-state index < -0.39 is 0 Å². The molecule has 0 atom stereocenters. The fraction of sp³-hybridized carbons (Fsp3) is 0. The number of benzene rings is 6. The van der Waals surface area contributed by atoms with Crippen molar-refractivity contribution in [3.05, 3.63) is 152 Å². The molecule has 42 heavy (non-hydrogen) atoms. The summed E-state index contributed by atoms with van der Waals surface area (Å²) in [6.07, 6.45) is 2.17. The van der Waals surface area contributed by atoms with Crippen LogP contribution in [-0.4, -0.2) is 9.13 Å². The molecule has 4 nitrogen and oxygen atoms in total. The molecule has 6 aromatic carbocycles. The molecule has 0 N–H and O–H groups in total. The molecule has 3 heterocycles. The molecule has 0 bridgehead atoms. The number of hydrogen-bond acceptors (Lipinski definition) is 2. The van der Waals surface area contributed by atoms with Gasteiger partial charge in [0, 0.05) is 39.4 Å². The summed E-state index contributed by atoms with van der Waals surface area (Å²) in [4.78, 5) is 2.30. The van der Waals surface area contributed by atoms with Gasteiger partial charge in [0.2, 0.25) is 0 Å². The molecular weight excluding hydrogens is 514 g/mol. The summed E-state index contributed by atoms with van der Waals surface area (Å²) in [7, 11) is 0. The third kappa shape index (κ3) is 3.36. The Balaban J connectivity index is 1.29. The molecular formula is C38H25N3O. The van der Waals surface area contributed by atoms with Gasteiger partial charge in [0.25, 0.3) is 0 Å². The molecule has 198 valence electrons. The van der Waals surface area contributed by atoms with Gasteiger partial charge in [0.05, 0.1) is 27.9 Å². The molecule has 0 amide bonds. The highest BCUT2D eigenvalue weighted by atomic mass is 16.5. The lowest BCUT2D eigenvalue weighted by molar-refractivity contribution is 0.477. The van der Waals surface area contributed by atoms with Crippen molar-refractivity contribution in [1.29, 1.82) is 0 Å². The second-order valence-electron chi connectivity index (χ2n) is 10.7. The third-order valence-electron chi connectivity index (χ3n) is 8.30. The molecule has 9 rings (SSSR count). The largest absolute Gasteiger partial charge is 0.453 e. The van der Waals surface area contributed by atoms with Crippen molar-refractivity contribution in [2.45, 2.75) is 0 Å². The average Bonchev–Trinajstić information content (AvgIpc) is 3.61. The molecule has 4 heteroatoms. The topological polar surface area (TPSA) is 22.3 Å². The average molecular weight is 540 g/mol. The smallest absolute Gasteiger partial charge is 0.151 e. The Bertz CT molecular complexity index is 2250. The predicted octanol–water partition coefficient (Wildman–Crippen LogP) is 10.3. The molecule has 0 saturated carbocycles. The van der Waals surface area contributed by atoms with Crippen LogP contribution in [0.4, 0.5) is 17.1 Å². The second-order valence-corrected chi connectivity index (χ2v) is 10.7. The Hall–Kier alpha value is -5.74. The lowest BCUT2D eigenvalue weighted by Gasteiger charge is -2.33. The van der Waals surface area contributed by atoms with Gasteiger partial charge in [-0.1, -0.05) is 66.7 Å². The second kappa shape index (κ2) is 8.88. The minimum absolute atomic E-state index is 0.850. The van der Waals surface area contributed by atoms with Crippen LogP contribution < -0.4 is 9.64 Å². The van der Waals surface area contributed by atoms with Gasteiger partial charge >= 0.3 is 0 Å². The normalized spacial score (nSPS) is 12.4. The highest BCUT2D eigenvalue weighted by Crippen LogP contribution is 2.50. The predicted molar refractivity (Wildman–Crippen MR) is 172 cm³/mol. The van der Waals surface area contributed by atoms with Crippen LogP contribution in [0.3, 0.4) is 0 Å². The van der Waals surface area contributed by atoms with Gasteiger partial charge in [-0.15, -0.1) is 0 Å². The summed E-state index contributed by atoms with van der Waals surface area (Å²) in [5.74, 6) is 1.70. The van der Waals surface area contributed by atoms with Crippen LogP contribution in [-0.2, 0) is 0 Å². The first-order chi connectivity index (χ1) is 20.8. The van der Waals surface area contributed by atoms with Crippen molar-refractivity contribution in [1.82, 2.24) is 9.13 Å². The Labute approximate surface area is 242 Å². The number of para-hydroxylation sites is 6. The van der Waals surface area contributed by atoms with Crippen LogP contribution in [0, 0.1) is 0 Å². The van der Waals surface area contributed by atoms with E-state index in [1.165, 1.54) is 32.7 Å². The number of ether oxygens (including phenoxy) is 1. The number of nitrogens with zero attached hydrogens (tertiary/aromatic N) is 3. The quantitative estimate of drug-likeness (QED) is 0.223. The van der Waals surface area contributed by atoms with E-state index >= 15 is 0 Å². The summed E-state index contributed by atoms with van der Waals surface area (Å²) in [6, 6.07) is 51.4. The van der Waals surface area contributed by atoms with Crippen molar-refractivity contribution in [3.63, 3.8) is 0 Å². The van der Waals surface area contributed by atoms with E-state index in [0.717, 1.165) is 39.9 Å². The van der Waals surface area contributed by atoms with Crippen LogP contribution in [0.1, 0.15) is 0 Å². The van der Waals surface area contributed by atoms with E-state index in [1.54, 1.807) is 0 Å². The molecule has 0 fully saturated rings. The maximum Gasteiger partial charge on any atom is 0.151 e. The maximum atomic E-state index is 6.28. The first-order valence-electron chi connectivity index (χ1n) is 14.2. The van der Waals surface area contributed by atoms with Gasteiger partial charge in [0.15, 0.2) is 11.5 Å². The van der Waals surface area contributed by atoms with Gasteiger partial charge in [-0.3, -0.25) is 0 Å². The number of aromatic nitrogens is 2. The van der Waals surface area contributed by atoms with E-state index in [0.29, 0.717) is 0 Å². The van der Waals surface area contributed by atoms with Gasteiger partial charge < -0.3 is 18.8 Å². The minimum Gasteiger partial charge on any atom is -0.453 e. The monoisotopic (exact) mass is 539 g/mol. The summed E-state index contributed by atoms with van der Waals surface area (Å²) in [6.45, 7) is 0. The summed E-state index contributed by atoms with van der Waals surface area (Å²) < 4.78 is 10.9. The summed E-state index contributed by atoms with van der Waals surface area (Å²) in [5.41, 5.74) is 8.94. The van der Waals surface area contributed by atoms with Crippen LogP contribution in [0.5, 0.6) is 11.5 Å². The highest BCUT2D eigenvalue weighted by Gasteiger charge is 2.25. The molecule has 1 aliphatic heterocycles. The van der Waals surface area contributed by atoms with Gasteiger partial charge in [-0.05, 0) is 78.9 Å². The van der Waals surface area contributed by atoms with Crippen LogP contribution in [0.25, 0.3) is 44.1 Å². The fourth-order valence-corrected chi connectivity index (χ4v) is 6.44. The SMILES string of the molecule is c1ccc(-n2ccc3cc4c5ccccc5n(-c5cccc(N6c7ccccc7Oc7ccccc76)c5)c4cc32)cc1. The number of rotatable bonds is 3. The molecule has 0 unspecified atom stereocenters. The first-order valence-corrected chi connectivity index (χ1v) is 14.2. The molecule has 0 spiro atoms. The van der Waals surface area contributed by atoms with Crippen molar-refractivity contribution in [2.75, 3.05) is 4.90 Å². The van der Waals surface area contributed by atoms with Gasteiger partial charge in [-0.25, -0.2) is 0 Å². The standard InChI is InChI=1S/C38H25N3O/c1-2-11-27(12-3-1)39-22-21-26-23-31-30-15-4-5-16-32(30)40(36(31)25-35(26)39)28-13-10-14-29(24-28)41-33-17-6-8-19-37(33)42-38-20-9-7-18-34(38)41/h1-25H. The Kier molecular flexibility index (Phi) is 4.87. The van der Waals surface area contributed by atoms with E-state index in [1.807, 2.05) is 24.3 Å². The van der Waals surface area contributed by atoms with Crippen molar-refractivity contribution < 1.29 is 4.74 Å². The van der Waals surface area contributed by atoms with E-state index in [-0.39, 0.29) is 0 Å². The Morgan fingerprint density at radius 2 is 1.10 bits per heavy atom. The van der Waals surface area contributed by atoms with E-state index in [4.69, 9.17) is 4.74 Å². The lowest BCUT2D eigenvalue weighted by atomic mass is 10.1. The fourth-order valence-electron chi connectivity index (χ4n) is 6.44. The van der Waals surface area contributed by atoms with Gasteiger partial charge in [-0.2, -0.15) is 0 Å². The van der Waals surface area contributed by atoms with E-state index in [9.17, 15) is 0 Å².